The summed E-state index contributed by atoms with van der Waals surface area (Å²) in [5.41, 5.74) is 0.900. The number of aromatic nitrogens is 1. The molecule has 2 fully saturated rings. The van der Waals surface area contributed by atoms with Crippen LogP contribution in [0.4, 0.5) is 14.9 Å². The van der Waals surface area contributed by atoms with Gasteiger partial charge in [0, 0.05) is 28.1 Å². The second kappa shape index (κ2) is 6.30. The molecule has 8 heteroatoms. The van der Waals surface area contributed by atoms with Crippen LogP contribution >= 0.6 is 11.8 Å². The van der Waals surface area contributed by atoms with Crippen LogP contribution in [0.2, 0.25) is 0 Å². The number of rotatable bonds is 5. The predicted molar refractivity (Wildman–Crippen MR) is 97.8 cm³/mol. The van der Waals surface area contributed by atoms with Crippen molar-refractivity contribution < 1.29 is 18.7 Å². The third-order valence-corrected chi connectivity index (χ3v) is 6.20. The highest BCUT2D eigenvalue weighted by atomic mass is 32.2. The number of nitrogens with zero attached hydrogens (tertiary/aromatic N) is 2. The Hall–Kier alpha value is -2.48. The Balaban J connectivity index is 1.25. The summed E-state index contributed by atoms with van der Waals surface area (Å²) in [4.78, 5) is 27.8. The van der Waals surface area contributed by atoms with E-state index in [1.807, 2.05) is 12.4 Å². The minimum atomic E-state index is -0.520. The summed E-state index contributed by atoms with van der Waals surface area (Å²) < 4.78 is 21.6. The van der Waals surface area contributed by atoms with E-state index in [-0.39, 0.29) is 24.9 Å². The van der Waals surface area contributed by atoms with Gasteiger partial charge in [-0.25, -0.2) is 9.18 Å². The predicted octanol–water partition coefficient (Wildman–Crippen LogP) is 3.32. The SMILES string of the molecule is O=C(NC[C@H]1CN(c2ccc(-n3cc4c(c3)S4)c(F)c2)C(=O)O1)C1CCC1. The molecule has 2 aromatic rings. The molecule has 1 saturated carbocycles. The van der Waals surface area contributed by atoms with Gasteiger partial charge in [0.05, 0.1) is 24.5 Å². The Morgan fingerprint density at radius 2 is 2.07 bits per heavy atom. The standard InChI is InChI=1S/C19H18FN3O3S/c20-14-6-12(4-5-15(14)22-9-16-17(10-22)27-16)23-8-13(26-19(23)25)7-21-18(24)11-2-1-3-11/h4-6,9-11,13H,1-3,7-8H2,(H,21,24)/t13-/m0/s1. The number of fused-ring (bicyclic) bond motifs is 1. The Labute approximate surface area is 159 Å². The van der Waals surface area contributed by atoms with E-state index < -0.39 is 18.0 Å². The van der Waals surface area contributed by atoms with E-state index in [1.54, 1.807) is 28.5 Å². The molecule has 1 N–H and O–H groups in total. The van der Waals surface area contributed by atoms with Crippen LogP contribution < -0.4 is 10.2 Å². The average Bonchev–Trinajstić information content (AvgIpc) is 3.03. The normalized spacial score (nSPS) is 20.9. The summed E-state index contributed by atoms with van der Waals surface area (Å²) in [6.07, 6.45) is 5.78. The number of ether oxygens (including phenoxy) is 1. The van der Waals surface area contributed by atoms with Gasteiger partial charge in [0.1, 0.15) is 11.9 Å². The Kier molecular flexibility index (Phi) is 3.89. The van der Waals surface area contributed by atoms with Crippen molar-refractivity contribution in [3.8, 4) is 5.69 Å². The molecule has 1 atom stereocenters. The number of amides is 2. The number of carbonyl (C=O) groups is 2. The number of benzene rings is 1. The number of hydrogen-bond acceptors (Lipinski definition) is 4. The van der Waals surface area contributed by atoms with E-state index in [0.29, 0.717) is 11.4 Å². The molecule has 1 aromatic carbocycles. The van der Waals surface area contributed by atoms with Crippen LogP contribution in [0.5, 0.6) is 0 Å². The summed E-state index contributed by atoms with van der Waals surface area (Å²) >= 11 is 1.68. The van der Waals surface area contributed by atoms with Crippen LogP contribution in [0.15, 0.2) is 40.4 Å². The number of cyclic esters (lactones) is 1. The first kappa shape index (κ1) is 16.7. The maximum absolute atomic E-state index is 14.6. The number of hydrogen-bond donors (Lipinski definition) is 1. The molecule has 2 aliphatic heterocycles. The molecule has 0 spiro atoms. The van der Waals surface area contributed by atoms with Crippen LogP contribution in [-0.2, 0) is 9.53 Å². The zero-order valence-corrected chi connectivity index (χ0v) is 15.3. The van der Waals surface area contributed by atoms with E-state index >= 15 is 0 Å². The second-order valence-corrected chi connectivity index (χ2v) is 8.20. The fourth-order valence-corrected chi connectivity index (χ4v) is 4.07. The van der Waals surface area contributed by atoms with Gasteiger partial charge in [-0.15, -0.1) is 0 Å². The third-order valence-electron chi connectivity index (χ3n) is 5.31. The molecule has 1 aromatic heterocycles. The monoisotopic (exact) mass is 387 g/mol. The summed E-state index contributed by atoms with van der Waals surface area (Å²) in [5.74, 6) is -0.280. The molecule has 3 heterocycles. The van der Waals surface area contributed by atoms with Crippen molar-refractivity contribution in [2.24, 2.45) is 5.92 Å². The van der Waals surface area contributed by atoms with E-state index in [1.165, 1.54) is 11.0 Å². The van der Waals surface area contributed by atoms with Crippen LogP contribution in [0, 0.1) is 11.7 Å². The molecule has 0 bridgehead atoms. The fraction of sp³-hybridized carbons (Fsp3) is 0.368. The first-order valence-electron chi connectivity index (χ1n) is 9.04. The lowest BCUT2D eigenvalue weighted by Gasteiger charge is -2.24. The van der Waals surface area contributed by atoms with Crippen molar-refractivity contribution in [3.05, 3.63) is 36.4 Å². The number of nitrogens with one attached hydrogen (secondary N) is 1. The van der Waals surface area contributed by atoms with Gasteiger partial charge in [0.2, 0.25) is 5.91 Å². The Bertz CT molecular complexity index is 921. The minimum absolute atomic E-state index is 0.0243. The molecular formula is C19H18FN3O3S. The smallest absolute Gasteiger partial charge is 0.414 e. The molecule has 3 aliphatic rings. The highest BCUT2D eigenvalue weighted by Crippen LogP contribution is 2.49. The van der Waals surface area contributed by atoms with E-state index in [4.69, 9.17) is 4.74 Å². The number of anilines is 1. The van der Waals surface area contributed by atoms with Crippen molar-refractivity contribution in [2.75, 3.05) is 18.0 Å². The van der Waals surface area contributed by atoms with Gasteiger partial charge >= 0.3 is 6.09 Å². The molecule has 140 valence electrons. The zero-order chi connectivity index (χ0) is 18.5. The Morgan fingerprint density at radius 3 is 2.74 bits per heavy atom. The molecule has 5 rings (SSSR count). The summed E-state index contributed by atoms with van der Waals surface area (Å²) in [7, 11) is 0. The maximum Gasteiger partial charge on any atom is 0.414 e. The number of halogens is 1. The highest BCUT2D eigenvalue weighted by molar-refractivity contribution is 8.05. The van der Waals surface area contributed by atoms with Gasteiger partial charge in [-0.05, 0) is 31.0 Å². The molecule has 0 radical (unpaired) electrons. The number of carbonyl (C=O) groups excluding carboxylic acids is 2. The van der Waals surface area contributed by atoms with Gasteiger partial charge in [-0.2, -0.15) is 0 Å². The van der Waals surface area contributed by atoms with Crippen LogP contribution in [-0.4, -0.2) is 35.8 Å². The average molecular weight is 387 g/mol. The molecular weight excluding hydrogens is 369 g/mol. The molecule has 1 saturated heterocycles. The highest BCUT2D eigenvalue weighted by Gasteiger charge is 2.34. The summed E-state index contributed by atoms with van der Waals surface area (Å²) in [6.45, 7) is 0.571. The molecule has 2 amide bonds. The quantitative estimate of drug-likeness (QED) is 0.682. The fourth-order valence-electron chi connectivity index (χ4n) is 3.44. The Morgan fingerprint density at radius 1 is 1.30 bits per heavy atom. The van der Waals surface area contributed by atoms with Gasteiger partial charge in [0.15, 0.2) is 0 Å². The van der Waals surface area contributed by atoms with Crippen molar-refractivity contribution >= 4 is 29.4 Å². The van der Waals surface area contributed by atoms with E-state index in [2.05, 4.69) is 5.32 Å². The van der Waals surface area contributed by atoms with Crippen LogP contribution in [0.1, 0.15) is 19.3 Å². The lowest BCUT2D eigenvalue weighted by Crippen LogP contribution is -2.39. The van der Waals surface area contributed by atoms with Gasteiger partial charge in [-0.3, -0.25) is 9.69 Å². The lowest BCUT2D eigenvalue weighted by atomic mass is 9.85. The molecule has 27 heavy (non-hydrogen) atoms. The third kappa shape index (κ3) is 3.07. The van der Waals surface area contributed by atoms with E-state index in [9.17, 15) is 14.0 Å². The van der Waals surface area contributed by atoms with Crippen molar-refractivity contribution in [1.82, 2.24) is 9.88 Å². The first-order valence-corrected chi connectivity index (χ1v) is 9.86. The van der Waals surface area contributed by atoms with Gasteiger partial charge < -0.3 is 14.6 Å². The van der Waals surface area contributed by atoms with Crippen molar-refractivity contribution in [2.45, 2.75) is 35.2 Å². The topological polar surface area (TPSA) is 63.6 Å². The van der Waals surface area contributed by atoms with Crippen molar-refractivity contribution in [1.29, 1.82) is 0 Å². The minimum Gasteiger partial charge on any atom is -0.442 e. The molecule has 6 nitrogen and oxygen atoms in total. The van der Waals surface area contributed by atoms with Crippen LogP contribution in [0.25, 0.3) is 5.69 Å². The largest absolute Gasteiger partial charge is 0.442 e. The van der Waals surface area contributed by atoms with Crippen LogP contribution in [0.3, 0.4) is 0 Å². The molecule has 0 unspecified atom stereocenters. The van der Waals surface area contributed by atoms with Gasteiger partial charge in [-0.1, -0.05) is 18.2 Å². The summed E-state index contributed by atoms with van der Waals surface area (Å²) in [5, 5.41) is 2.85. The van der Waals surface area contributed by atoms with Crippen molar-refractivity contribution in [3.63, 3.8) is 0 Å². The first-order chi connectivity index (χ1) is 13.1. The molecule has 1 aliphatic carbocycles. The summed E-state index contributed by atoms with van der Waals surface area (Å²) in [6, 6.07) is 4.72. The lowest BCUT2D eigenvalue weighted by molar-refractivity contribution is -0.127. The maximum atomic E-state index is 14.6. The van der Waals surface area contributed by atoms with E-state index in [0.717, 1.165) is 29.1 Å². The second-order valence-electron chi connectivity index (χ2n) is 7.12. The van der Waals surface area contributed by atoms with Gasteiger partial charge in [0.25, 0.3) is 0 Å². The zero-order valence-electron chi connectivity index (χ0n) is 14.5.